The number of rotatable bonds is 1. The molecule has 5 nitrogen and oxygen atoms in total. The Balaban J connectivity index is 1.84. The van der Waals surface area contributed by atoms with E-state index in [-0.39, 0.29) is 12.2 Å². The van der Waals surface area contributed by atoms with Crippen LogP contribution in [0.1, 0.15) is 23.2 Å². The summed E-state index contributed by atoms with van der Waals surface area (Å²) in [5.74, 6) is 0.0912. The van der Waals surface area contributed by atoms with Crippen LogP contribution in [0.5, 0.6) is 0 Å². The second kappa shape index (κ2) is 4.06. The average Bonchev–Trinajstić information content (AvgIpc) is 3.10. The van der Waals surface area contributed by atoms with Crippen molar-refractivity contribution in [3.05, 3.63) is 29.8 Å². The highest BCUT2D eigenvalue weighted by molar-refractivity contribution is 6.03. The van der Waals surface area contributed by atoms with Gasteiger partial charge in [-0.2, -0.15) is 0 Å². The molecule has 1 aromatic carbocycles. The van der Waals surface area contributed by atoms with Gasteiger partial charge in [0.2, 0.25) is 6.29 Å². The third-order valence-electron chi connectivity index (χ3n) is 4.04. The first-order valence-electron chi connectivity index (χ1n) is 6.82. The Hall–Kier alpha value is -1.88. The Morgan fingerprint density at radius 2 is 1.95 bits per heavy atom. The molecule has 1 aromatic rings. The summed E-state index contributed by atoms with van der Waals surface area (Å²) in [6.07, 6.45) is 4.09. The summed E-state index contributed by atoms with van der Waals surface area (Å²) in [7, 11) is 0. The molecule has 0 aliphatic carbocycles. The molecule has 3 aliphatic heterocycles. The highest BCUT2D eigenvalue weighted by atomic mass is 16.2. The average molecular weight is 256 g/mol. The zero-order valence-electron chi connectivity index (χ0n) is 10.7. The molecule has 3 aliphatic rings. The Kier molecular flexibility index (Phi) is 2.35. The molecule has 1 fully saturated rings. The Morgan fingerprint density at radius 3 is 2.79 bits per heavy atom. The van der Waals surface area contributed by atoms with Gasteiger partial charge in [0.1, 0.15) is 0 Å². The number of nitrogens with zero attached hydrogens (tertiary/aromatic N) is 4. The van der Waals surface area contributed by atoms with Crippen molar-refractivity contribution in [3.8, 4) is 0 Å². The summed E-state index contributed by atoms with van der Waals surface area (Å²) in [5, 5.41) is 4.53. The van der Waals surface area contributed by atoms with E-state index >= 15 is 0 Å². The first kappa shape index (κ1) is 11.0. The van der Waals surface area contributed by atoms with Crippen molar-refractivity contribution in [1.82, 2.24) is 9.91 Å². The number of hydrogen-bond donors (Lipinski definition) is 0. The maximum atomic E-state index is 12.5. The van der Waals surface area contributed by atoms with Crippen LogP contribution in [0.15, 0.2) is 29.3 Å². The van der Waals surface area contributed by atoms with Gasteiger partial charge in [-0.15, -0.1) is 0 Å². The maximum Gasteiger partial charge on any atom is 0.259 e. The Labute approximate surface area is 112 Å². The monoisotopic (exact) mass is 256 g/mol. The van der Waals surface area contributed by atoms with Gasteiger partial charge in [0.05, 0.1) is 17.8 Å². The molecule has 0 spiro atoms. The van der Waals surface area contributed by atoms with Gasteiger partial charge >= 0.3 is 0 Å². The van der Waals surface area contributed by atoms with Crippen LogP contribution in [-0.2, 0) is 0 Å². The molecule has 0 saturated carbocycles. The number of para-hydroxylation sites is 1. The lowest BCUT2D eigenvalue weighted by molar-refractivity contribution is 0.0647. The van der Waals surface area contributed by atoms with Gasteiger partial charge in [0.15, 0.2) is 0 Å². The number of aliphatic imine (C=N–C) groups is 1. The first-order chi connectivity index (χ1) is 9.36. The van der Waals surface area contributed by atoms with Crippen LogP contribution < -0.4 is 5.01 Å². The maximum absolute atomic E-state index is 12.5. The van der Waals surface area contributed by atoms with E-state index in [4.69, 9.17) is 0 Å². The second-order valence-corrected chi connectivity index (χ2v) is 5.16. The number of fused-ring (bicyclic) bond motifs is 2. The third-order valence-corrected chi connectivity index (χ3v) is 4.04. The SMILES string of the molecule is O=C1c2ccccc2N(N2CCCC2)C2N=CCN12. The molecule has 5 heteroatoms. The molecule has 4 rings (SSSR count). The molecule has 3 heterocycles. The molecule has 19 heavy (non-hydrogen) atoms. The van der Waals surface area contributed by atoms with Gasteiger partial charge in [-0.3, -0.25) is 14.7 Å². The lowest BCUT2D eigenvalue weighted by Gasteiger charge is -2.44. The summed E-state index contributed by atoms with van der Waals surface area (Å²) < 4.78 is 0. The standard InChI is InChI=1S/C14H16N4O/c19-13-11-5-1-2-6-12(11)18(16-8-3-4-9-16)14-15-7-10-17(13)14/h1-2,5-7,14H,3-4,8-10H2. The first-order valence-corrected chi connectivity index (χ1v) is 6.82. The molecule has 0 radical (unpaired) electrons. The van der Waals surface area contributed by atoms with Crippen molar-refractivity contribution in [3.63, 3.8) is 0 Å². The van der Waals surface area contributed by atoms with Gasteiger partial charge < -0.3 is 0 Å². The van der Waals surface area contributed by atoms with Gasteiger partial charge in [-0.05, 0) is 25.0 Å². The predicted molar refractivity (Wildman–Crippen MR) is 73.0 cm³/mol. The topological polar surface area (TPSA) is 39.2 Å². The van der Waals surface area contributed by atoms with E-state index < -0.39 is 0 Å². The number of benzene rings is 1. The molecule has 1 atom stereocenters. The van der Waals surface area contributed by atoms with Crippen molar-refractivity contribution in [1.29, 1.82) is 0 Å². The van der Waals surface area contributed by atoms with Crippen molar-refractivity contribution >= 4 is 17.8 Å². The zero-order chi connectivity index (χ0) is 12.8. The fraction of sp³-hybridized carbons (Fsp3) is 0.429. The fourth-order valence-corrected chi connectivity index (χ4v) is 3.13. The van der Waals surface area contributed by atoms with E-state index in [1.165, 1.54) is 12.8 Å². The third kappa shape index (κ3) is 1.51. The van der Waals surface area contributed by atoms with E-state index in [1.807, 2.05) is 35.4 Å². The molecule has 0 N–H and O–H groups in total. The Bertz CT molecular complexity index is 550. The van der Waals surface area contributed by atoms with Crippen molar-refractivity contribution in [2.45, 2.75) is 19.1 Å². The second-order valence-electron chi connectivity index (χ2n) is 5.16. The Morgan fingerprint density at radius 1 is 1.16 bits per heavy atom. The van der Waals surface area contributed by atoms with E-state index in [9.17, 15) is 4.79 Å². The van der Waals surface area contributed by atoms with Crippen molar-refractivity contribution < 1.29 is 4.79 Å². The van der Waals surface area contributed by atoms with Crippen molar-refractivity contribution in [2.24, 2.45) is 4.99 Å². The quantitative estimate of drug-likeness (QED) is 0.761. The lowest BCUT2D eigenvalue weighted by atomic mass is 10.1. The predicted octanol–water partition coefficient (Wildman–Crippen LogP) is 1.33. The molecule has 0 bridgehead atoms. The van der Waals surface area contributed by atoms with E-state index in [2.05, 4.69) is 15.0 Å². The minimum atomic E-state index is -0.180. The molecule has 0 aromatic heterocycles. The van der Waals surface area contributed by atoms with Gasteiger partial charge in [-0.25, -0.2) is 10.0 Å². The van der Waals surface area contributed by atoms with Crippen LogP contribution in [0.3, 0.4) is 0 Å². The smallest absolute Gasteiger partial charge is 0.259 e. The summed E-state index contributed by atoms with van der Waals surface area (Å²) in [6.45, 7) is 2.70. The number of carbonyl (C=O) groups is 1. The number of amides is 1. The zero-order valence-corrected chi connectivity index (χ0v) is 10.7. The molecule has 1 saturated heterocycles. The van der Waals surface area contributed by atoms with Gasteiger partial charge in [0.25, 0.3) is 5.91 Å². The number of carbonyl (C=O) groups excluding carboxylic acids is 1. The van der Waals surface area contributed by atoms with Gasteiger partial charge in [-0.1, -0.05) is 12.1 Å². The molecule has 98 valence electrons. The minimum absolute atomic E-state index is 0.0912. The highest BCUT2D eigenvalue weighted by Crippen LogP contribution is 2.34. The van der Waals surface area contributed by atoms with E-state index in [1.54, 1.807) is 0 Å². The summed E-state index contributed by atoms with van der Waals surface area (Å²) in [5.41, 5.74) is 1.78. The summed E-state index contributed by atoms with van der Waals surface area (Å²) >= 11 is 0. The molecular weight excluding hydrogens is 240 g/mol. The van der Waals surface area contributed by atoms with Crippen LogP contribution in [-0.4, -0.2) is 48.0 Å². The van der Waals surface area contributed by atoms with E-state index in [0.717, 1.165) is 24.3 Å². The van der Waals surface area contributed by atoms with Crippen LogP contribution in [0.25, 0.3) is 0 Å². The molecular formula is C14H16N4O. The number of hydrazine groups is 1. The highest BCUT2D eigenvalue weighted by Gasteiger charge is 2.41. The summed E-state index contributed by atoms with van der Waals surface area (Å²) in [4.78, 5) is 18.8. The summed E-state index contributed by atoms with van der Waals surface area (Å²) in [6, 6.07) is 7.85. The molecule has 1 unspecified atom stereocenters. The molecule has 1 amide bonds. The van der Waals surface area contributed by atoms with Crippen LogP contribution in [0, 0.1) is 0 Å². The van der Waals surface area contributed by atoms with Crippen molar-refractivity contribution in [2.75, 3.05) is 24.6 Å². The largest absolute Gasteiger partial charge is 0.293 e. The van der Waals surface area contributed by atoms with Gasteiger partial charge in [0, 0.05) is 19.3 Å². The van der Waals surface area contributed by atoms with E-state index in [0.29, 0.717) is 6.54 Å². The fourth-order valence-electron chi connectivity index (χ4n) is 3.13. The van der Waals surface area contributed by atoms with Crippen LogP contribution >= 0.6 is 0 Å². The lowest BCUT2D eigenvalue weighted by Crippen LogP contribution is -2.58. The van der Waals surface area contributed by atoms with Crippen LogP contribution in [0.4, 0.5) is 5.69 Å². The number of anilines is 1. The number of hydrogen-bond acceptors (Lipinski definition) is 4. The van der Waals surface area contributed by atoms with Crippen LogP contribution in [0.2, 0.25) is 0 Å². The minimum Gasteiger partial charge on any atom is -0.293 e. The normalized spacial score (nSPS) is 25.9.